The Morgan fingerprint density at radius 3 is 0.861 bits per heavy atom. The summed E-state index contributed by atoms with van der Waals surface area (Å²) >= 11 is 11.5. The molecule has 12 heteroatoms. The molecule has 2 aliphatic rings. The lowest BCUT2D eigenvalue weighted by Crippen LogP contribution is -2.35. The predicted octanol–water partition coefficient (Wildman–Crippen LogP) is 38.5. The molecule has 2 amide bonds. The van der Waals surface area contributed by atoms with Crippen LogP contribution >= 0.6 is 68.0 Å². The molecule has 0 N–H and O–H groups in total. The molecule has 0 bridgehead atoms. The van der Waals surface area contributed by atoms with Gasteiger partial charge in [-0.15, -0.1) is 68.0 Å². The molecular formula is C110H178N4O2S6. The average Bonchev–Trinajstić information content (AvgIpc) is 1.54. The fourth-order valence-electron chi connectivity index (χ4n) is 19.3. The number of amides is 2. The molecule has 0 aliphatic carbocycles. The van der Waals surface area contributed by atoms with Gasteiger partial charge in [-0.1, -0.05) is 415 Å². The average molecular weight is 1780 g/mol. The number of carbonyl (C=O) groups is 2. The van der Waals surface area contributed by atoms with E-state index in [0.717, 1.165) is 120 Å². The molecular weight excluding hydrogens is 1600 g/mol. The SMILES string of the molecule is CCCCCCCCCCCCc1cc(C)sc1-c1nc(CCCCCCCCCCCC)c(C2=C3C(=O)N(CC(CCCCCC)CCCCCCCC)C(c4sc(-c5sc(-c6ccc(-c7ccc(C)s7)s6)cc5CCCCCCCCCCCC)nc4CCCCCCCCCCCC)=C3C(=O)N2CC(CCCCCC)CCCCCCCC)s1. The lowest BCUT2D eigenvalue weighted by atomic mass is 9.93. The van der Waals surface area contributed by atoms with Crippen molar-refractivity contribution in [1.29, 1.82) is 0 Å². The van der Waals surface area contributed by atoms with E-state index in [0.29, 0.717) is 36.1 Å². The van der Waals surface area contributed by atoms with Crippen molar-refractivity contribution in [2.45, 2.75) is 506 Å². The highest BCUT2D eigenvalue weighted by molar-refractivity contribution is 7.28. The zero-order valence-corrected chi connectivity index (χ0v) is 85.1. The molecule has 2 aliphatic heterocycles. The lowest BCUT2D eigenvalue weighted by Gasteiger charge is -2.30. The number of fused-ring (bicyclic) bond motifs is 1. The number of aryl methyl sites for hydroxylation is 6. The molecule has 0 fully saturated rings. The van der Waals surface area contributed by atoms with Crippen LogP contribution in [-0.2, 0) is 35.3 Å². The van der Waals surface area contributed by atoms with E-state index in [4.69, 9.17) is 9.97 Å². The minimum Gasteiger partial charge on any atom is -0.306 e. The number of rotatable bonds is 78. The van der Waals surface area contributed by atoms with E-state index >= 15 is 9.59 Å². The van der Waals surface area contributed by atoms with Gasteiger partial charge in [0.1, 0.15) is 10.0 Å². The Balaban J connectivity index is 1.35. The zero-order chi connectivity index (χ0) is 86.4. The van der Waals surface area contributed by atoms with Crippen molar-refractivity contribution in [3.8, 4) is 39.3 Å². The molecule has 0 radical (unpaired) electrons. The van der Waals surface area contributed by atoms with Crippen molar-refractivity contribution >= 4 is 91.2 Å². The normalized spacial score (nSPS) is 13.7. The van der Waals surface area contributed by atoms with Gasteiger partial charge in [0.15, 0.2) is 0 Å². The van der Waals surface area contributed by atoms with Crippen molar-refractivity contribution in [3.05, 3.63) is 89.6 Å². The third kappa shape index (κ3) is 36.4. The summed E-state index contributed by atoms with van der Waals surface area (Å²) in [5.74, 6) is 0.773. The van der Waals surface area contributed by atoms with E-state index in [-0.39, 0.29) is 11.8 Å². The Hall–Kier alpha value is -3.52. The predicted molar refractivity (Wildman–Crippen MR) is 547 cm³/mol. The Bertz CT molecular complexity index is 3810. The van der Waals surface area contributed by atoms with E-state index in [2.05, 4.69) is 115 Å². The van der Waals surface area contributed by atoms with Gasteiger partial charge in [0.2, 0.25) is 0 Å². The maximum atomic E-state index is 17.6. The van der Waals surface area contributed by atoms with Gasteiger partial charge in [0.25, 0.3) is 11.8 Å². The molecule has 8 heterocycles. The molecule has 6 aromatic heterocycles. The van der Waals surface area contributed by atoms with Crippen molar-refractivity contribution in [2.24, 2.45) is 11.8 Å². The first kappa shape index (κ1) is 104. The molecule has 8 rings (SSSR count). The summed E-state index contributed by atoms with van der Waals surface area (Å²) in [6, 6.07) is 14.4. The van der Waals surface area contributed by atoms with E-state index in [1.54, 1.807) is 0 Å². The lowest BCUT2D eigenvalue weighted by molar-refractivity contribution is -0.124. The largest absolute Gasteiger partial charge is 0.306 e. The smallest absolute Gasteiger partial charge is 0.261 e. The summed E-state index contributed by atoms with van der Waals surface area (Å²) < 4.78 is 0. The van der Waals surface area contributed by atoms with E-state index in [9.17, 15) is 0 Å². The Morgan fingerprint density at radius 2 is 0.533 bits per heavy atom. The van der Waals surface area contributed by atoms with Crippen molar-refractivity contribution in [2.75, 3.05) is 13.1 Å². The third-order valence-electron chi connectivity index (χ3n) is 26.8. The second-order valence-electron chi connectivity index (χ2n) is 37.9. The van der Waals surface area contributed by atoms with Gasteiger partial charge in [-0.25, -0.2) is 9.97 Å². The quantitative estimate of drug-likeness (QED) is 0.0357. The number of carbonyl (C=O) groups excluding carboxylic acids is 2. The molecule has 0 saturated carbocycles. The van der Waals surface area contributed by atoms with Gasteiger partial charge >= 0.3 is 0 Å². The molecule has 2 atom stereocenters. The van der Waals surface area contributed by atoms with Gasteiger partial charge in [-0.2, -0.15) is 0 Å². The fourth-order valence-corrected chi connectivity index (χ4v) is 26.2. The van der Waals surface area contributed by atoms with Crippen LogP contribution in [0.25, 0.3) is 50.7 Å². The summed E-state index contributed by atoms with van der Waals surface area (Å²) in [4.78, 5) is 64.9. The summed E-state index contributed by atoms with van der Waals surface area (Å²) in [5, 5.41) is 2.19. The Kier molecular flexibility index (Phi) is 54.0. The fraction of sp³-hybridized carbons (Fsp3) is 0.745. The molecule has 122 heavy (non-hydrogen) atoms. The first-order chi connectivity index (χ1) is 60.0. The number of aromatic nitrogens is 2. The highest BCUT2D eigenvalue weighted by Gasteiger charge is 2.51. The van der Waals surface area contributed by atoms with Crippen LogP contribution in [0.3, 0.4) is 0 Å². The van der Waals surface area contributed by atoms with Crippen molar-refractivity contribution < 1.29 is 9.59 Å². The molecule has 0 spiro atoms. The van der Waals surface area contributed by atoms with Crippen LogP contribution in [0.15, 0.2) is 47.5 Å². The van der Waals surface area contributed by atoms with E-state index in [1.165, 1.54) is 410 Å². The maximum absolute atomic E-state index is 17.6. The van der Waals surface area contributed by atoms with Gasteiger partial charge in [0.05, 0.1) is 53.4 Å². The van der Waals surface area contributed by atoms with Crippen LogP contribution in [0, 0.1) is 25.7 Å². The van der Waals surface area contributed by atoms with Gasteiger partial charge < -0.3 is 9.80 Å². The molecule has 0 saturated heterocycles. The van der Waals surface area contributed by atoms with Crippen LogP contribution in [0.5, 0.6) is 0 Å². The number of unbranched alkanes of at least 4 members (excludes halogenated alkanes) is 52. The number of thiazole rings is 2. The van der Waals surface area contributed by atoms with Crippen LogP contribution < -0.4 is 0 Å². The van der Waals surface area contributed by atoms with E-state index in [1.807, 2.05) is 68.0 Å². The van der Waals surface area contributed by atoms with Gasteiger partial charge in [-0.3, -0.25) is 9.59 Å². The molecule has 6 aromatic rings. The van der Waals surface area contributed by atoms with Gasteiger partial charge in [-0.05, 0) is 150 Å². The maximum Gasteiger partial charge on any atom is 0.261 e. The summed E-state index contributed by atoms with van der Waals surface area (Å²) in [6.07, 6.45) is 84.9. The highest BCUT2D eigenvalue weighted by atomic mass is 32.1. The van der Waals surface area contributed by atoms with Crippen LogP contribution in [0.4, 0.5) is 0 Å². The van der Waals surface area contributed by atoms with Crippen molar-refractivity contribution in [1.82, 2.24) is 19.8 Å². The Morgan fingerprint density at radius 1 is 0.262 bits per heavy atom. The molecule has 6 nitrogen and oxygen atoms in total. The first-order valence-electron chi connectivity index (χ1n) is 52.5. The second kappa shape index (κ2) is 63.5. The second-order valence-corrected chi connectivity index (χ2v) is 44.6. The van der Waals surface area contributed by atoms with Crippen LogP contribution in [0.1, 0.15) is 508 Å². The number of hydrogen-bond donors (Lipinski definition) is 0. The minimum atomic E-state index is 0.0700. The monoisotopic (exact) mass is 1780 g/mol. The number of thiophene rings is 4. The first-order valence-corrected chi connectivity index (χ1v) is 57.4. The summed E-state index contributed by atoms with van der Waals surface area (Å²) in [7, 11) is 0. The van der Waals surface area contributed by atoms with Crippen LogP contribution in [0.2, 0.25) is 0 Å². The van der Waals surface area contributed by atoms with Gasteiger partial charge in [0, 0.05) is 42.4 Å². The Labute approximate surface area is 774 Å². The van der Waals surface area contributed by atoms with Crippen LogP contribution in [-0.4, -0.2) is 44.7 Å². The standard InChI is InChI=1S/C110H178N4O2S6/c1-11-19-27-35-41-45-49-53-59-67-75-91-83-88(10)118-103(91)107-111-93(77-69-61-55-51-47-43-37-29-21-13-3)105(121-107)101-99-100(110(116)113(101)85-89(71-63-33-25-17-7)73-65-57-39-31-23-15-5)102(114(109(99)115)86-90(72-64-34-26-18-8)74-66-58-40-32-24-16-6)106-94(78-70-62-56-52-48-44-38-30-22-14-4)112-108(122-106)104-92(76-68-60-54-50-46-42-36-28-20-12-2)84-98(120-104)97-82-81-96(119-97)95-80-79-87(9)117-95/h79-84,89-90H,11-78,85-86H2,1-10H3. The van der Waals surface area contributed by atoms with E-state index < -0.39 is 0 Å². The third-order valence-corrected chi connectivity index (χ3v) is 34.1. The summed E-state index contributed by atoms with van der Waals surface area (Å²) in [5.41, 5.74) is 8.31. The highest BCUT2D eigenvalue weighted by Crippen LogP contribution is 2.54. The topological polar surface area (TPSA) is 66.4 Å². The number of nitrogens with zero attached hydrogens (tertiary/aromatic N) is 4. The summed E-state index contributed by atoms with van der Waals surface area (Å²) in [6.45, 7) is 24.5. The number of hydrogen-bond acceptors (Lipinski definition) is 10. The molecule has 686 valence electrons. The van der Waals surface area contributed by atoms with Crippen molar-refractivity contribution in [3.63, 3.8) is 0 Å². The minimum absolute atomic E-state index is 0.0700. The zero-order valence-electron chi connectivity index (χ0n) is 80.2. The molecule has 2 unspecified atom stereocenters. The molecule has 0 aromatic carbocycles.